The van der Waals surface area contributed by atoms with Crippen molar-refractivity contribution in [3.63, 3.8) is 0 Å². The minimum absolute atomic E-state index is 0.423. The molecule has 19 heavy (non-hydrogen) atoms. The van der Waals surface area contributed by atoms with Gasteiger partial charge in [-0.1, -0.05) is 19.1 Å². The van der Waals surface area contributed by atoms with E-state index in [2.05, 4.69) is 43.4 Å². The van der Waals surface area contributed by atoms with Gasteiger partial charge in [0.05, 0.1) is 12.7 Å². The predicted octanol–water partition coefficient (Wildman–Crippen LogP) is 2.96. The Balaban J connectivity index is 1.91. The Bertz CT molecular complexity index is 390. The summed E-state index contributed by atoms with van der Waals surface area (Å²) in [4.78, 5) is 0. The lowest BCUT2D eigenvalue weighted by Gasteiger charge is -2.22. The van der Waals surface area contributed by atoms with E-state index >= 15 is 0 Å². The van der Waals surface area contributed by atoms with Crippen molar-refractivity contribution in [1.29, 1.82) is 0 Å². The topological polar surface area (TPSA) is 30.5 Å². The van der Waals surface area contributed by atoms with E-state index in [1.165, 1.54) is 18.4 Å². The first kappa shape index (κ1) is 14.4. The van der Waals surface area contributed by atoms with Crippen molar-refractivity contribution in [2.45, 2.75) is 44.8 Å². The van der Waals surface area contributed by atoms with Crippen LogP contribution in [0.15, 0.2) is 24.3 Å². The smallest absolute Gasteiger partial charge is 0.120 e. The first-order chi connectivity index (χ1) is 9.20. The third-order valence-electron chi connectivity index (χ3n) is 3.73. The van der Waals surface area contributed by atoms with E-state index in [-0.39, 0.29) is 0 Å². The van der Waals surface area contributed by atoms with Crippen LogP contribution in [-0.4, -0.2) is 32.4 Å². The molecular formula is C16H25NO2. The Morgan fingerprint density at radius 2 is 2.11 bits per heavy atom. The number of nitrogens with one attached hydrogen (secondary N) is 1. The molecule has 1 aromatic rings. The van der Waals surface area contributed by atoms with Gasteiger partial charge in [0.2, 0.25) is 0 Å². The van der Waals surface area contributed by atoms with Crippen molar-refractivity contribution >= 4 is 0 Å². The maximum absolute atomic E-state index is 5.85. The third kappa shape index (κ3) is 4.51. The zero-order valence-corrected chi connectivity index (χ0v) is 12.2. The minimum atomic E-state index is 0.423. The van der Waals surface area contributed by atoms with Crippen LogP contribution in [0.2, 0.25) is 0 Å². The van der Waals surface area contributed by atoms with E-state index < -0.39 is 0 Å². The molecule has 2 unspecified atom stereocenters. The van der Waals surface area contributed by atoms with Crippen molar-refractivity contribution in [1.82, 2.24) is 5.32 Å². The Kier molecular flexibility index (Phi) is 5.23. The van der Waals surface area contributed by atoms with Gasteiger partial charge in [-0.05, 0) is 43.4 Å². The van der Waals surface area contributed by atoms with Crippen molar-refractivity contribution in [3.8, 4) is 5.75 Å². The van der Waals surface area contributed by atoms with Gasteiger partial charge in [0.25, 0.3) is 0 Å². The van der Waals surface area contributed by atoms with E-state index in [1.54, 1.807) is 7.11 Å². The summed E-state index contributed by atoms with van der Waals surface area (Å²) in [7, 11) is 1.73. The van der Waals surface area contributed by atoms with E-state index in [9.17, 15) is 0 Å². The first-order valence-electron chi connectivity index (χ1n) is 7.19. The van der Waals surface area contributed by atoms with E-state index in [4.69, 9.17) is 9.47 Å². The Morgan fingerprint density at radius 3 is 2.79 bits per heavy atom. The second kappa shape index (κ2) is 6.92. The van der Waals surface area contributed by atoms with Gasteiger partial charge >= 0.3 is 0 Å². The second-order valence-electron chi connectivity index (χ2n) is 5.41. The molecule has 1 aliphatic rings. The zero-order chi connectivity index (χ0) is 13.7. The standard InChI is InChI=1S/C16H25NO2/c1-12(13(2)17-9-10-18-3)14-5-4-6-16(11-14)19-15-7-8-15/h4-6,11-13,15,17H,7-10H2,1-3H3. The van der Waals surface area contributed by atoms with E-state index in [0.29, 0.717) is 18.1 Å². The number of hydrogen-bond donors (Lipinski definition) is 1. The van der Waals surface area contributed by atoms with Gasteiger partial charge in [0.1, 0.15) is 5.75 Å². The highest BCUT2D eigenvalue weighted by Crippen LogP contribution is 2.29. The molecule has 3 nitrogen and oxygen atoms in total. The number of rotatable bonds is 8. The molecule has 0 saturated heterocycles. The molecule has 0 amide bonds. The summed E-state index contributed by atoms with van der Waals surface area (Å²) >= 11 is 0. The molecule has 1 aromatic carbocycles. The fourth-order valence-electron chi connectivity index (χ4n) is 2.10. The normalized spacial score (nSPS) is 18.1. The molecule has 3 heteroatoms. The van der Waals surface area contributed by atoms with Crippen LogP contribution in [0, 0.1) is 0 Å². The largest absolute Gasteiger partial charge is 0.490 e. The molecule has 0 radical (unpaired) electrons. The average Bonchev–Trinajstić information content (AvgIpc) is 3.22. The van der Waals surface area contributed by atoms with Crippen LogP contribution in [-0.2, 0) is 4.74 Å². The summed E-state index contributed by atoms with van der Waals surface area (Å²) in [5.74, 6) is 1.47. The lowest BCUT2D eigenvalue weighted by Crippen LogP contribution is -2.33. The number of ether oxygens (including phenoxy) is 2. The van der Waals surface area contributed by atoms with Gasteiger partial charge in [0.15, 0.2) is 0 Å². The molecule has 106 valence electrons. The molecule has 2 atom stereocenters. The Morgan fingerprint density at radius 1 is 1.32 bits per heavy atom. The molecule has 1 aliphatic carbocycles. The van der Waals surface area contributed by atoms with Crippen molar-refractivity contribution in [3.05, 3.63) is 29.8 Å². The SMILES string of the molecule is COCCNC(C)C(C)c1cccc(OC2CC2)c1. The average molecular weight is 263 g/mol. The second-order valence-corrected chi connectivity index (χ2v) is 5.41. The van der Waals surface area contributed by atoms with Crippen molar-refractivity contribution < 1.29 is 9.47 Å². The molecule has 1 N–H and O–H groups in total. The van der Waals surface area contributed by atoms with Crippen LogP contribution in [0.5, 0.6) is 5.75 Å². The maximum atomic E-state index is 5.85. The Hall–Kier alpha value is -1.06. The van der Waals surface area contributed by atoms with Gasteiger partial charge in [-0.15, -0.1) is 0 Å². The molecule has 0 spiro atoms. The maximum Gasteiger partial charge on any atom is 0.120 e. The van der Waals surface area contributed by atoms with Crippen LogP contribution >= 0.6 is 0 Å². The third-order valence-corrected chi connectivity index (χ3v) is 3.73. The van der Waals surface area contributed by atoms with Gasteiger partial charge in [-0.3, -0.25) is 0 Å². The summed E-state index contributed by atoms with van der Waals surface area (Å²) < 4.78 is 10.9. The van der Waals surface area contributed by atoms with E-state index in [1.807, 2.05) is 0 Å². The molecule has 0 heterocycles. The molecule has 2 rings (SSSR count). The first-order valence-corrected chi connectivity index (χ1v) is 7.19. The molecule has 1 saturated carbocycles. The molecule has 0 aliphatic heterocycles. The van der Waals surface area contributed by atoms with Gasteiger partial charge in [0, 0.05) is 19.7 Å². The summed E-state index contributed by atoms with van der Waals surface area (Å²) in [6.07, 6.45) is 2.87. The lowest BCUT2D eigenvalue weighted by molar-refractivity contribution is 0.195. The van der Waals surface area contributed by atoms with Crippen molar-refractivity contribution in [2.24, 2.45) is 0 Å². The van der Waals surface area contributed by atoms with Crippen LogP contribution < -0.4 is 10.1 Å². The minimum Gasteiger partial charge on any atom is -0.490 e. The fourth-order valence-corrected chi connectivity index (χ4v) is 2.10. The number of hydrogen-bond acceptors (Lipinski definition) is 3. The molecule has 1 fully saturated rings. The lowest BCUT2D eigenvalue weighted by atomic mass is 9.94. The van der Waals surface area contributed by atoms with Crippen LogP contribution in [0.1, 0.15) is 38.2 Å². The fraction of sp³-hybridized carbons (Fsp3) is 0.625. The van der Waals surface area contributed by atoms with Crippen LogP contribution in [0.4, 0.5) is 0 Å². The monoisotopic (exact) mass is 263 g/mol. The van der Waals surface area contributed by atoms with Gasteiger partial charge in [-0.2, -0.15) is 0 Å². The van der Waals surface area contributed by atoms with Gasteiger partial charge in [-0.25, -0.2) is 0 Å². The highest BCUT2D eigenvalue weighted by Gasteiger charge is 2.23. The summed E-state index contributed by atoms with van der Waals surface area (Å²) in [5.41, 5.74) is 1.33. The summed E-state index contributed by atoms with van der Waals surface area (Å²) in [6.45, 7) is 6.11. The molecular weight excluding hydrogens is 238 g/mol. The quantitative estimate of drug-likeness (QED) is 0.731. The number of methoxy groups -OCH3 is 1. The number of benzene rings is 1. The highest BCUT2D eigenvalue weighted by molar-refractivity contribution is 5.31. The molecule has 0 aromatic heterocycles. The van der Waals surface area contributed by atoms with Crippen LogP contribution in [0.3, 0.4) is 0 Å². The van der Waals surface area contributed by atoms with Crippen LogP contribution in [0.25, 0.3) is 0 Å². The highest BCUT2D eigenvalue weighted by atomic mass is 16.5. The Labute approximate surface area is 116 Å². The zero-order valence-electron chi connectivity index (χ0n) is 12.2. The van der Waals surface area contributed by atoms with Crippen molar-refractivity contribution in [2.75, 3.05) is 20.3 Å². The molecule has 0 bridgehead atoms. The van der Waals surface area contributed by atoms with Gasteiger partial charge < -0.3 is 14.8 Å². The summed E-state index contributed by atoms with van der Waals surface area (Å²) in [6, 6.07) is 8.92. The summed E-state index contributed by atoms with van der Waals surface area (Å²) in [5, 5.41) is 3.49. The van der Waals surface area contributed by atoms with E-state index in [0.717, 1.165) is 18.9 Å². The predicted molar refractivity (Wildman–Crippen MR) is 77.8 cm³/mol.